The monoisotopic (exact) mass is 725 g/mol. The zero-order chi connectivity index (χ0) is 35.5. The molecule has 2 saturated heterocycles. The molecule has 6 rings (SSSR count). The number of thiazole rings is 1. The maximum Gasteiger partial charge on any atom is 0.372 e. The summed E-state index contributed by atoms with van der Waals surface area (Å²) >= 11 is 0.933. The zero-order valence-corrected chi connectivity index (χ0v) is 26.5. The van der Waals surface area contributed by atoms with E-state index in [0.717, 1.165) is 30.0 Å². The minimum Gasteiger partial charge on any atom is -0.504 e. The van der Waals surface area contributed by atoms with Crippen LogP contribution in [0.5, 0.6) is 0 Å². The molecule has 4 aliphatic heterocycles. The van der Waals surface area contributed by atoms with E-state index in [9.17, 15) is 52.8 Å². The number of hydroxylamine groups is 2. The zero-order valence-electron chi connectivity index (χ0n) is 24.9. The summed E-state index contributed by atoms with van der Waals surface area (Å²) in [6.45, 7) is -0.678. The third kappa shape index (κ3) is 5.53. The molecule has 49 heavy (non-hydrogen) atoms. The normalized spacial score (nSPS) is 27.6. The Morgan fingerprint density at radius 1 is 1.10 bits per heavy atom. The van der Waals surface area contributed by atoms with Gasteiger partial charge in [0.15, 0.2) is 22.4 Å². The van der Waals surface area contributed by atoms with E-state index in [1.54, 1.807) is 0 Å². The number of nitrogens with one attached hydrogen (secondary N) is 1. The Kier molecular flexibility index (Phi) is 8.15. The van der Waals surface area contributed by atoms with Gasteiger partial charge in [0.05, 0.1) is 18.3 Å². The number of cyclic esters (lactones) is 1. The van der Waals surface area contributed by atoms with Crippen LogP contribution < -0.4 is 11.1 Å². The number of carbonyl (C=O) groups excluding carboxylic acids is 3. The van der Waals surface area contributed by atoms with Crippen LogP contribution in [0, 0.1) is 0 Å². The summed E-state index contributed by atoms with van der Waals surface area (Å²) in [4.78, 5) is 79.4. The van der Waals surface area contributed by atoms with Crippen LogP contribution in [0.1, 0.15) is 44.2 Å². The predicted molar refractivity (Wildman–Crippen MR) is 159 cm³/mol. The van der Waals surface area contributed by atoms with Crippen LogP contribution in [0.25, 0.3) is 0 Å². The molecule has 1 saturated carbocycles. The van der Waals surface area contributed by atoms with E-state index in [2.05, 4.69) is 15.5 Å². The van der Waals surface area contributed by atoms with Crippen molar-refractivity contribution in [3.8, 4) is 0 Å². The number of carboxylic acid groups (broad SMARTS) is 2. The number of hydrogen-bond acceptors (Lipinski definition) is 16. The maximum atomic E-state index is 13.5. The molecule has 1 aromatic rings. The Labute approximate surface area is 279 Å². The van der Waals surface area contributed by atoms with Gasteiger partial charge in [0, 0.05) is 30.5 Å². The van der Waals surface area contributed by atoms with Gasteiger partial charge >= 0.3 is 33.8 Å². The SMILES string of the molecule is Nc1nc(/C(=N/OC2(C(=O)O)CCCCC2)C(=O)N[C@H]2CON(C3(C(=O)O)CC(N4C=C5C=C(O)C(O)=CN5S4(=O)=O)C(=O)O3)C2=O)cs1. The number of oxime groups is 1. The first kappa shape index (κ1) is 33.5. The fraction of sp³-hybridized carbons (Fsp3) is 0.423. The number of anilines is 1. The molecule has 21 nitrogen and oxygen atoms in total. The Hall–Kier alpha value is -5.42. The van der Waals surface area contributed by atoms with Crippen LogP contribution in [0.2, 0.25) is 0 Å². The van der Waals surface area contributed by atoms with Gasteiger partial charge in [0.2, 0.25) is 5.60 Å². The number of amides is 2. The second-order valence-corrected chi connectivity index (χ2v) is 14.0. The molecule has 3 fully saturated rings. The first-order valence-electron chi connectivity index (χ1n) is 14.4. The number of aromatic nitrogens is 1. The number of nitrogens with zero attached hydrogens (tertiary/aromatic N) is 5. The first-order valence-corrected chi connectivity index (χ1v) is 16.7. The number of nitrogen functional groups attached to an aromatic ring is 1. The smallest absolute Gasteiger partial charge is 0.372 e. The number of aliphatic hydroxyl groups is 2. The lowest BCUT2D eigenvalue weighted by Gasteiger charge is -2.31. The van der Waals surface area contributed by atoms with Gasteiger partial charge in [-0.15, -0.1) is 11.3 Å². The number of fused-ring (bicyclic) bond motifs is 1. The molecule has 7 N–H and O–H groups in total. The number of nitrogens with two attached hydrogens (primary N) is 1. The van der Waals surface area contributed by atoms with Gasteiger partial charge in [-0.25, -0.2) is 28.0 Å². The second kappa shape index (κ2) is 11.9. The largest absolute Gasteiger partial charge is 0.504 e. The number of allylic oxidation sites excluding steroid dienone is 1. The topological polar surface area (TPSA) is 301 Å². The Morgan fingerprint density at radius 3 is 2.45 bits per heavy atom. The van der Waals surface area contributed by atoms with Crippen molar-refractivity contribution in [3.63, 3.8) is 0 Å². The third-order valence-corrected chi connectivity index (χ3v) is 10.7. The van der Waals surface area contributed by atoms with Crippen LogP contribution in [-0.4, -0.2) is 113 Å². The standard InChI is InChI=1S/C26H27N7O14S2/c27-24-29-14(11-48-24)18(30-47-25(22(39)40)4-2-1-3-5-25)19(36)28-13-10-45-33(20(13)37)26(23(41)42)7-15(21(38)46-26)32-8-12-6-16(34)17(35)9-31(12)49(32,43)44/h6,8-9,11,13,15,34-35H,1-5,7,10H2,(H2,27,29)(H,28,36)(H,39,40)(H,41,42)/b30-18-/t13-,15?,26?/m0/s1. The molecule has 0 aromatic carbocycles. The fourth-order valence-electron chi connectivity index (χ4n) is 5.77. The Morgan fingerprint density at radius 2 is 1.82 bits per heavy atom. The van der Waals surface area contributed by atoms with Gasteiger partial charge in [-0.1, -0.05) is 11.6 Å². The quantitative estimate of drug-likeness (QED) is 0.103. The molecule has 262 valence electrons. The van der Waals surface area contributed by atoms with Crippen LogP contribution in [0.15, 0.2) is 46.2 Å². The molecular weight excluding hydrogens is 698 g/mol. The molecule has 2 amide bonds. The van der Waals surface area contributed by atoms with E-state index in [0.29, 0.717) is 27.7 Å². The third-order valence-electron chi connectivity index (χ3n) is 8.31. The van der Waals surface area contributed by atoms with Crippen LogP contribution >= 0.6 is 11.3 Å². The van der Waals surface area contributed by atoms with Crippen molar-refractivity contribution in [2.24, 2.45) is 5.16 Å². The molecule has 0 bridgehead atoms. The lowest BCUT2D eigenvalue weighted by Crippen LogP contribution is -2.57. The number of rotatable bonds is 9. The van der Waals surface area contributed by atoms with Crippen molar-refractivity contribution in [3.05, 3.63) is 46.8 Å². The number of esters is 1. The van der Waals surface area contributed by atoms with Crippen molar-refractivity contribution in [1.29, 1.82) is 0 Å². The lowest BCUT2D eigenvalue weighted by molar-refractivity contribution is -0.256. The van der Waals surface area contributed by atoms with E-state index in [4.69, 9.17) is 20.1 Å². The van der Waals surface area contributed by atoms with E-state index in [-0.39, 0.29) is 34.4 Å². The average Bonchev–Trinajstić information content (AvgIpc) is 3.79. The van der Waals surface area contributed by atoms with Crippen LogP contribution in [-0.2, 0) is 48.6 Å². The summed E-state index contributed by atoms with van der Waals surface area (Å²) in [5.41, 5.74) is 0.234. The number of aliphatic hydroxyl groups excluding tert-OH is 2. The number of carbonyl (C=O) groups is 5. The highest BCUT2D eigenvalue weighted by molar-refractivity contribution is 7.87. The molecular formula is C26H27N7O14S2. The van der Waals surface area contributed by atoms with E-state index in [1.807, 2.05) is 0 Å². The Balaban J connectivity index is 1.23. The van der Waals surface area contributed by atoms with Gasteiger partial charge in [-0.3, -0.25) is 14.4 Å². The van der Waals surface area contributed by atoms with Crippen molar-refractivity contribution in [2.75, 3.05) is 12.3 Å². The molecule has 1 aliphatic carbocycles. The van der Waals surface area contributed by atoms with E-state index >= 15 is 0 Å². The fourth-order valence-corrected chi connectivity index (χ4v) is 7.84. The van der Waals surface area contributed by atoms with Gasteiger partial charge in [-0.05, 0) is 12.8 Å². The molecule has 1 aromatic heterocycles. The van der Waals surface area contributed by atoms with Crippen molar-refractivity contribution in [2.45, 2.75) is 61.9 Å². The summed E-state index contributed by atoms with van der Waals surface area (Å²) in [5.74, 6) is -8.37. The van der Waals surface area contributed by atoms with Crippen molar-refractivity contribution >= 4 is 62.1 Å². The van der Waals surface area contributed by atoms with Gasteiger partial charge in [-0.2, -0.15) is 13.5 Å². The van der Waals surface area contributed by atoms with Gasteiger partial charge in [0.25, 0.3) is 11.8 Å². The predicted octanol–water partition coefficient (Wildman–Crippen LogP) is -0.853. The first-order chi connectivity index (χ1) is 23.1. The number of carboxylic acids is 2. The molecule has 2 unspecified atom stereocenters. The molecule has 3 atom stereocenters. The highest BCUT2D eigenvalue weighted by Crippen LogP contribution is 2.41. The summed E-state index contributed by atoms with van der Waals surface area (Å²) in [6, 6.07) is -3.47. The average molecular weight is 726 g/mol. The van der Waals surface area contributed by atoms with Crippen LogP contribution in [0.4, 0.5) is 5.13 Å². The molecule has 0 radical (unpaired) electrons. The summed E-state index contributed by atoms with van der Waals surface area (Å²) in [6.07, 6.45) is 3.55. The van der Waals surface area contributed by atoms with Crippen molar-refractivity contribution in [1.82, 2.24) is 24.0 Å². The molecule has 5 heterocycles. The van der Waals surface area contributed by atoms with Gasteiger partial charge in [0.1, 0.15) is 24.4 Å². The molecule has 0 spiro atoms. The minimum absolute atomic E-state index is 0.0286. The summed E-state index contributed by atoms with van der Waals surface area (Å²) < 4.78 is 32.5. The highest BCUT2D eigenvalue weighted by atomic mass is 32.2. The van der Waals surface area contributed by atoms with Crippen molar-refractivity contribution < 1.29 is 67.2 Å². The maximum absolute atomic E-state index is 13.5. The van der Waals surface area contributed by atoms with Crippen LogP contribution in [0.3, 0.4) is 0 Å². The summed E-state index contributed by atoms with van der Waals surface area (Å²) in [7, 11) is -4.65. The number of aliphatic carboxylic acids is 2. The number of hydrogen-bond donors (Lipinski definition) is 6. The highest BCUT2D eigenvalue weighted by Gasteiger charge is 2.65. The van der Waals surface area contributed by atoms with E-state index in [1.165, 1.54) is 5.38 Å². The van der Waals surface area contributed by atoms with Gasteiger partial charge < -0.3 is 41.1 Å². The molecule has 5 aliphatic rings. The van der Waals surface area contributed by atoms with E-state index < -0.39 is 93.6 Å². The Bertz CT molecular complexity index is 1880. The second-order valence-electron chi connectivity index (χ2n) is 11.4. The number of ether oxygens (including phenoxy) is 1. The lowest BCUT2D eigenvalue weighted by atomic mass is 9.85. The minimum atomic E-state index is -4.65. The summed E-state index contributed by atoms with van der Waals surface area (Å²) in [5, 5.41) is 47.3. The molecule has 23 heteroatoms.